The van der Waals surface area contributed by atoms with Crippen molar-refractivity contribution in [2.45, 2.75) is 50.7 Å². The van der Waals surface area contributed by atoms with Crippen molar-refractivity contribution in [2.24, 2.45) is 0 Å². The molecule has 1 saturated carbocycles. The van der Waals surface area contributed by atoms with Crippen molar-refractivity contribution in [3.63, 3.8) is 0 Å². The number of carbonyl (C=O) groups excluding carboxylic acids is 1. The molecule has 1 unspecified atom stereocenters. The van der Waals surface area contributed by atoms with E-state index < -0.39 is 0 Å². The van der Waals surface area contributed by atoms with Crippen molar-refractivity contribution in [2.75, 3.05) is 6.61 Å². The van der Waals surface area contributed by atoms with E-state index in [9.17, 15) is 9.90 Å². The molecule has 1 atom stereocenters. The maximum absolute atomic E-state index is 11.5. The molecule has 4 heteroatoms. The average Bonchev–Trinajstić information content (AvgIpc) is 3.23. The van der Waals surface area contributed by atoms with Crippen LogP contribution in [0.1, 0.15) is 49.3 Å². The van der Waals surface area contributed by atoms with Crippen molar-refractivity contribution < 1.29 is 14.6 Å². The first-order valence-corrected chi connectivity index (χ1v) is 7.45. The molecule has 2 N–H and O–H groups in total. The van der Waals surface area contributed by atoms with Crippen molar-refractivity contribution >= 4 is 5.91 Å². The van der Waals surface area contributed by atoms with Crippen molar-refractivity contribution in [3.05, 3.63) is 29.3 Å². The fourth-order valence-corrected chi connectivity index (χ4v) is 2.64. The molecule has 1 aromatic rings. The van der Waals surface area contributed by atoms with E-state index in [1.807, 2.05) is 18.2 Å². The third-order valence-electron chi connectivity index (χ3n) is 3.94. The van der Waals surface area contributed by atoms with E-state index >= 15 is 0 Å². The minimum Gasteiger partial charge on any atom is -0.493 e. The minimum atomic E-state index is -0.336. The van der Waals surface area contributed by atoms with Gasteiger partial charge in [-0.3, -0.25) is 4.79 Å². The van der Waals surface area contributed by atoms with Crippen LogP contribution in [0, 0.1) is 0 Å². The second kappa shape index (κ2) is 5.83. The number of hydrogen-bond donors (Lipinski definition) is 2. The Morgan fingerprint density at radius 2 is 2.20 bits per heavy atom. The van der Waals surface area contributed by atoms with E-state index in [1.165, 1.54) is 5.56 Å². The molecular formula is C16H21NO3. The molecule has 4 nitrogen and oxygen atoms in total. The van der Waals surface area contributed by atoms with Crippen LogP contribution in [0.5, 0.6) is 5.75 Å². The maximum atomic E-state index is 11.5. The van der Waals surface area contributed by atoms with Crippen molar-refractivity contribution in [3.8, 4) is 5.75 Å². The molecule has 1 fully saturated rings. The Morgan fingerprint density at radius 3 is 3.00 bits per heavy atom. The van der Waals surface area contributed by atoms with Crippen molar-refractivity contribution in [1.29, 1.82) is 0 Å². The first-order chi connectivity index (χ1) is 9.72. The Balaban J connectivity index is 1.51. The van der Waals surface area contributed by atoms with E-state index in [-0.39, 0.29) is 12.0 Å². The fourth-order valence-electron chi connectivity index (χ4n) is 2.64. The van der Waals surface area contributed by atoms with Gasteiger partial charge in [-0.1, -0.05) is 6.07 Å². The van der Waals surface area contributed by atoms with Gasteiger partial charge in [0.2, 0.25) is 5.91 Å². The summed E-state index contributed by atoms with van der Waals surface area (Å²) in [6.07, 6.45) is 5.13. The number of nitrogens with one attached hydrogen (secondary N) is 1. The van der Waals surface area contributed by atoms with Gasteiger partial charge in [0.15, 0.2) is 0 Å². The first kappa shape index (κ1) is 13.4. The molecule has 3 rings (SSSR count). The van der Waals surface area contributed by atoms with E-state index in [4.69, 9.17) is 4.74 Å². The number of aryl methyl sites for hydroxylation is 1. The lowest BCUT2D eigenvalue weighted by molar-refractivity contribution is -0.121. The zero-order valence-corrected chi connectivity index (χ0v) is 11.6. The standard InChI is InChI=1S/C16H21NO3/c18-15-3-1-2-11-10-13(6-7-14(11)15)20-9-8-16(19)17-12-4-5-12/h6-7,10,12,15,18H,1-5,8-9H2,(H,17,19). The normalized spacial score (nSPS) is 21.1. The van der Waals surface area contributed by atoms with Crippen LogP contribution in [-0.4, -0.2) is 23.7 Å². The summed E-state index contributed by atoms with van der Waals surface area (Å²) in [5.74, 6) is 0.859. The molecular weight excluding hydrogens is 254 g/mol. The summed E-state index contributed by atoms with van der Waals surface area (Å²) >= 11 is 0. The predicted molar refractivity (Wildman–Crippen MR) is 75.6 cm³/mol. The number of amides is 1. The van der Waals surface area contributed by atoms with Crippen LogP contribution in [0.15, 0.2) is 18.2 Å². The number of fused-ring (bicyclic) bond motifs is 1. The van der Waals surface area contributed by atoms with Gasteiger partial charge < -0.3 is 15.2 Å². The van der Waals surface area contributed by atoms with Crippen LogP contribution in [0.2, 0.25) is 0 Å². The van der Waals surface area contributed by atoms with Gasteiger partial charge in [0.05, 0.1) is 19.1 Å². The van der Waals surface area contributed by atoms with Gasteiger partial charge in [-0.15, -0.1) is 0 Å². The Labute approximate surface area is 119 Å². The third kappa shape index (κ3) is 3.31. The van der Waals surface area contributed by atoms with Crippen LogP contribution in [0.25, 0.3) is 0 Å². The first-order valence-electron chi connectivity index (χ1n) is 7.45. The van der Waals surface area contributed by atoms with Gasteiger partial charge in [-0.2, -0.15) is 0 Å². The van der Waals surface area contributed by atoms with Crippen LogP contribution >= 0.6 is 0 Å². The second-order valence-corrected chi connectivity index (χ2v) is 5.71. The molecule has 2 aliphatic rings. The smallest absolute Gasteiger partial charge is 0.223 e. The highest BCUT2D eigenvalue weighted by Gasteiger charge is 2.23. The fraction of sp³-hybridized carbons (Fsp3) is 0.562. The average molecular weight is 275 g/mol. The minimum absolute atomic E-state index is 0.0703. The van der Waals surface area contributed by atoms with E-state index in [2.05, 4.69) is 5.32 Å². The highest BCUT2D eigenvalue weighted by atomic mass is 16.5. The zero-order valence-electron chi connectivity index (χ0n) is 11.6. The summed E-state index contributed by atoms with van der Waals surface area (Å²) in [6.45, 7) is 0.403. The lowest BCUT2D eigenvalue weighted by atomic mass is 9.89. The number of ether oxygens (including phenoxy) is 1. The molecule has 1 aromatic carbocycles. The van der Waals surface area contributed by atoms with Crippen LogP contribution in [0.4, 0.5) is 0 Å². The van der Waals surface area contributed by atoms with Gasteiger partial charge >= 0.3 is 0 Å². The molecule has 0 saturated heterocycles. The Hall–Kier alpha value is -1.55. The Morgan fingerprint density at radius 1 is 1.35 bits per heavy atom. The van der Waals surface area contributed by atoms with E-state index in [1.54, 1.807) is 0 Å². The Kier molecular flexibility index (Phi) is 3.92. The molecule has 108 valence electrons. The number of rotatable bonds is 5. The SMILES string of the molecule is O=C(CCOc1ccc2c(c1)CCCC2O)NC1CC1. The van der Waals surface area contributed by atoms with Crippen LogP contribution in [0.3, 0.4) is 0 Å². The number of hydrogen-bond acceptors (Lipinski definition) is 3. The molecule has 2 aliphatic carbocycles. The number of benzene rings is 1. The summed E-state index contributed by atoms with van der Waals surface area (Å²) < 4.78 is 5.64. The highest BCUT2D eigenvalue weighted by molar-refractivity contribution is 5.76. The van der Waals surface area contributed by atoms with Gasteiger partial charge in [0.1, 0.15) is 5.75 Å². The molecule has 20 heavy (non-hydrogen) atoms. The maximum Gasteiger partial charge on any atom is 0.223 e. The molecule has 0 bridgehead atoms. The summed E-state index contributed by atoms with van der Waals surface area (Å²) in [6, 6.07) is 6.23. The quantitative estimate of drug-likeness (QED) is 0.865. The largest absolute Gasteiger partial charge is 0.493 e. The Bertz CT molecular complexity index is 496. The topological polar surface area (TPSA) is 58.6 Å². The molecule has 1 amide bonds. The molecule has 0 aliphatic heterocycles. The number of carbonyl (C=O) groups is 1. The van der Waals surface area contributed by atoms with Gasteiger partial charge in [-0.05, 0) is 55.4 Å². The van der Waals surface area contributed by atoms with Gasteiger partial charge in [-0.25, -0.2) is 0 Å². The molecule has 0 aromatic heterocycles. The lowest BCUT2D eigenvalue weighted by Gasteiger charge is -2.21. The van der Waals surface area contributed by atoms with E-state index in [0.29, 0.717) is 19.1 Å². The predicted octanol–water partition coefficient (Wildman–Crippen LogP) is 2.10. The zero-order chi connectivity index (χ0) is 13.9. The molecule has 0 heterocycles. The number of aliphatic hydroxyl groups is 1. The lowest BCUT2D eigenvalue weighted by Crippen LogP contribution is -2.26. The summed E-state index contributed by atoms with van der Waals surface area (Å²) in [4.78, 5) is 11.5. The van der Waals surface area contributed by atoms with E-state index in [0.717, 1.165) is 43.4 Å². The van der Waals surface area contributed by atoms with Crippen LogP contribution in [-0.2, 0) is 11.2 Å². The van der Waals surface area contributed by atoms with Gasteiger partial charge in [0.25, 0.3) is 0 Å². The molecule has 0 spiro atoms. The summed E-state index contributed by atoms with van der Waals surface area (Å²) in [5, 5.41) is 12.8. The summed E-state index contributed by atoms with van der Waals surface area (Å²) in [5.41, 5.74) is 2.19. The summed E-state index contributed by atoms with van der Waals surface area (Å²) in [7, 11) is 0. The van der Waals surface area contributed by atoms with Gasteiger partial charge in [0, 0.05) is 6.04 Å². The number of aliphatic hydroxyl groups excluding tert-OH is 1. The molecule has 0 radical (unpaired) electrons. The van der Waals surface area contributed by atoms with Crippen molar-refractivity contribution in [1.82, 2.24) is 5.32 Å². The monoisotopic (exact) mass is 275 g/mol. The van der Waals surface area contributed by atoms with Crippen LogP contribution < -0.4 is 10.1 Å². The highest BCUT2D eigenvalue weighted by Crippen LogP contribution is 2.31. The third-order valence-corrected chi connectivity index (χ3v) is 3.94. The second-order valence-electron chi connectivity index (χ2n) is 5.71.